The molecule has 92 valence electrons. The average molecular weight is 232 g/mol. The molecule has 3 heteroatoms. The van der Waals surface area contributed by atoms with Crippen molar-refractivity contribution >= 4 is 5.91 Å². The summed E-state index contributed by atoms with van der Waals surface area (Å²) >= 11 is 0. The highest BCUT2D eigenvalue weighted by Gasteiger charge is 2.27. The maximum Gasteiger partial charge on any atom is 0.239 e. The number of benzene rings is 1. The van der Waals surface area contributed by atoms with E-state index in [0.717, 1.165) is 19.3 Å². The van der Waals surface area contributed by atoms with Gasteiger partial charge in [-0.1, -0.05) is 24.3 Å². The molecule has 0 radical (unpaired) electrons. The van der Waals surface area contributed by atoms with Crippen LogP contribution in [0.3, 0.4) is 0 Å². The van der Waals surface area contributed by atoms with Gasteiger partial charge in [-0.05, 0) is 37.3 Å². The number of carbonyl (C=O) groups is 1. The van der Waals surface area contributed by atoms with Crippen LogP contribution in [0.4, 0.5) is 0 Å². The van der Waals surface area contributed by atoms with Crippen LogP contribution < -0.4 is 5.73 Å². The molecule has 1 aromatic carbocycles. The molecule has 17 heavy (non-hydrogen) atoms. The van der Waals surface area contributed by atoms with Gasteiger partial charge >= 0.3 is 0 Å². The summed E-state index contributed by atoms with van der Waals surface area (Å²) in [6.07, 6.45) is 3.29. The van der Waals surface area contributed by atoms with Gasteiger partial charge in [0.05, 0.1) is 12.1 Å². The Morgan fingerprint density at radius 2 is 2.18 bits per heavy atom. The zero-order chi connectivity index (χ0) is 12.4. The summed E-state index contributed by atoms with van der Waals surface area (Å²) in [4.78, 5) is 13.8. The molecule has 0 saturated carbocycles. The molecule has 0 aromatic heterocycles. The van der Waals surface area contributed by atoms with Gasteiger partial charge in [0.25, 0.3) is 0 Å². The Hall–Kier alpha value is -1.35. The van der Waals surface area contributed by atoms with Gasteiger partial charge in [-0.2, -0.15) is 0 Å². The van der Waals surface area contributed by atoms with Gasteiger partial charge in [-0.3, -0.25) is 4.79 Å². The van der Waals surface area contributed by atoms with Crippen molar-refractivity contribution in [2.45, 2.75) is 38.3 Å². The highest BCUT2D eigenvalue weighted by molar-refractivity contribution is 5.81. The van der Waals surface area contributed by atoms with Crippen molar-refractivity contribution in [2.24, 2.45) is 5.73 Å². The number of aryl methyl sites for hydroxylation is 1. The van der Waals surface area contributed by atoms with Crippen LogP contribution in [-0.4, -0.2) is 23.9 Å². The summed E-state index contributed by atoms with van der Waals surface area (Å²) in [6, 6.07) is 8.17. The Bertz CT molecular complexity index is 414. The van der Waals surface area contributed by atoms with Crippen molar-refractivity contribution in [3.8, 4) is 0 Å². The van der Waals surface area contributed by atoms with Crippen molar-refractivity contribution in [2.75, 3.05) is 7.05 Å². The fourth-order valence-corrected chi connectivity index (χ4v) is 2.61. The van der Waals surface area contributed by atoms with Crippen LogP contribution in [0.1, 0.15) is 36.9 Å². The van der Waals surface area contributed by atoms with E-state index in [1.165, 1.54) is 11.1 Å². The molecule has 1 aromatic rings. The maximum absolute atomic E-state index is 12.0. The summed E-state index contributed by atoms with van der Waals surface area (Å²) in [5, 5.41) is 0. The summed E-state index contributed by atoms with van der Waals surface area (Å²) in [5.41, 5.74) is 8.33. The van der Waals surface area contributed by atoms with E-state index in [4.69, 9.17) is 5.73 Å². The number of fused-ring (bicyclic) bond motifs is 1. The number of likely N-dealkylation sites (N-methyl/N-ethyl adjacent to an activating group) is 1. The molecule has 1 aliphatic rings. The molecule has 2 N–H and O–H groups in total. The molecule has 0 saturated heterocycles. The van der Waals surface area contributed by atoms with Crippen molar-refractivity contribution < 1.29 is 4.79 Å². The molecule has 2 atom stereocenters. The summed E-state index contributed by atoms with van der Waals surface area (Å²) in [7, 11) is 1.86. The second-order valence-electron chi connectivity index (χ2n) is 4.84. The molecular weight excluding hydrogens is 212 g/mol. The lowest BCUT2D eigenvalue weighted by molar-refractivity contribution is -0.133. The molecule has 0 spiro atoms. The molecule has 0 heterocycles. The van der Waals surface area contributed by atoms with E-state index in [1.807, 2.05) is 18.0 Å². The first-order chi connectivity index (χ1) is 8.11. The Balaban J connectivity index is 2.26. The first-order valence-electron chi connectivity index (χ1n) is 6.21. The van der Waals surface area contributed by atoms with Crippen molar-refractivity contribution in [1.82, 2.24) is 4.90 Å². The maximum atomic E-state index is 12.0. The van der Waals surface area contributed by atoms with Crippen LogP contribution in [-0.2, 0) is 11.2 Å². The zero-order valence-electron chi connectivity index (χ0n) is 10.5. The summed E-state index contributed by atoms with van der Waals surface area (Å²) < 4.78 is 0. The van der Waals surface area contributed by atoms with Gasteiger partial charge in [0.2, 0.25) is 5.91 Å². The lowest BCUT2D eigenvalue weighted by Gasteiger charge is -2.34. The fourth-order valence-electron chi connectivity index (χ4n) is 2.61. The normalized spacial score (nSPS) is 20.5. The lowest BCUT2D eigenvalue weighted by Crippen LogP contribution is -2.42. The van der Waals surface area contributed by atoms with Crippen LogP contribution >= 0.6 is 0 Å². The van der Waals surface area contributed by atoms with E-state index in [2.05, 4.69) is 18.2 Å². The van der Waals surface area contributed by atoms with Crippen LogP contribution in [0.25, 0.3) is 0 Å². The minimum Gasteiger partial charge on any atom is -0.337 e. The molecule has 0 aliphatic heterocycles. The molecule has 0 bridgehead atoms. The third-order valence-corrected chi connectivity index (χ3v) is 3.54. The van der Waals surface area contributed by atoms with Gasteiger partial charge in [0.15, 0.2) is 0 Å². The molecule has 0 fully saturated rings. The van der Waals surface area contributed by atoms with Crippen LogP contribution in [0.5, 0.6) is 0 Å². The highest BCUT2D eigenvalue weighted by Crippen LogP contribution is 2.33. The van der Waals surface area contributed by atoms with E-state index in [0.29, 0.717) is 0 Å². The van der Waals surface area contributed by atoms with Crippen LogP contribution in [0.15, 0.2) is 24.3 Å². The predicted molar refractivity (Wildman–Crippen MR) is 68.5 cm³/mol. The molecule has 1 aliphatic carbocycles. The average Bonchev–Trinajstić information content (AvgIpc) is 2.36. The second-order valence-corrected chi connectivity index (χ2v) is 4.84. The van der Waals surface area contributed by atoms with E-state index in [-0.39, 0.29) is 11.9 Å². The minimum atomic E-state index is -0.422. The molecule has 1 amide bonds. The van der Waals surface area contributed by atoms with E-state index < -0.39 is 6.04 Å². The SMILES string of the molecule is C[C@H](N)C(=O)N(C)C1CCCc2ccccc21. The van der Waals surface area contributed by atoms with Gasteiger partial charge < -0.3 is 10.6 Å². The number of nitrogens with two attached hydrogens (primary N) is 1. The third-order valence-electron chi connectivity index (χ3n) is 3.54. The van der Waals surface area contributed by atoms with Crippen molar-refractivity contribution in [1.29, 1.82) is 0 Å². The summed E-state index contributed by atoms with van der Waals surface area (Å²) in [5.74, 6) is 0.0201. The number of hydrogen-bond acceptors (Lipinski definition) is 2. The molecular formula is C14H20N2O. The first kappa shape index (κ1) is 12.1. The largest absolute Gasteiger partial charge is 0.337 e. The van der Waals surface area contributed by atoms with Gasteiger partial charge in [0.1, 0.15) is 0 Å². The Morgan fingerprint density at radius 1 is 1.47 bits per heavy atom. The standard InChI is InChI=1S/C14H20N2O/c1-10(15)14(17)16(2)13-9-5-7-11-6-3-4-8-12(11)13/h3-4,6,8,10,13H,5,7,9,15H2,1-2H3/t10-,13?/m0/s1. The zero-order valence-corrected chi connectivity index (χ0v) is 10.5. The smallest absolute Gasteiger partial charge is 0.239 e. The number of carbonyl (C=O) groups excluding carboxylic acids is 1. The van der Waals surface area contributed by atoms with Crippen molar-refractivity contribution in [3.63, 3.8) is 0 Å². The monoisotopic (exact) mass is 232 g/mol. The number of amides is 1. The van der Waals surface area contributed by atoms with Gasteiger partial charge in [-0.25, -0.2) is 0 Å². The predicted octanol–water partition coefficient (Wildman–Crippen LogP) is 1.87. The topological polar surface area (TPSA) is 46.3 Å². The van der Waals surface area contributed by atoms with Gasteiger partial charge in [-0.15, -0.1) is 0 Å². The number of nitrogens with zero attached hydrogens (tertiary/aromatic N) is 1. The highest BCUT2D eigenvalue weighted by atomic mass is 16.2. The van der Waals surface area contributed by atoms with E-state index in [9.17, 15) is 4.79 Å². The lowest BCUT2D eigenvalue weighted by atomic mass is 9.87. The first-order valence-corrected chi connectivity index (χ1v) is 6.21. The van der Waals surface area contributed by atoms with E-state index in [1.54, 1.807) is 6.92 Å². The van der Waals surface area contributed by atoms with Crippen LogP contribution in [0, 0.1) is 0 Å². The molecule has 1 unspecified atom stereocenters. The van der Waals surface area contributed by atoms with Crippen LogP contribution in [0.2, 0.25) is 0 Å². The van der Waals surface area contributed by atoms with Crippen molar-refractivity contribution in [3.05, 3.63) is 35.4 Å². The summed E-state index contributed by atoms with van der Waals surface area (Å²) in [6.45, 7) is 1.74. The Morgan fingerprint density at radius 3 is 2.88 bits per heavy atom. The quantitative estimate of drug-likeness (QED) is 0.846. The Kier molecular flexibility index (Phi) is 3.48. The number of hydrogen-bond donors (Lipinski definition) is 1. The molecule has 3 nitrogen and oxygen atoms in total. The minimum absolute atomic E-state index is 0.0201. The fraction of sp³-hybridized carbons (Fsp3) is 0.500. The number of rotatable bonds is 2. The van der Waals surface area contributed by atoms with E-state index >= 15 is 0 Å². The Labute approximate surface area is 103 Å². The third kappa shape index (κ3) is 2.34. The second kappa shape index (κ2) is 4.88. The van der Waals surface area contributed by atoms with Gasteiger partial charge in [0, 0.05) is 7.05 Å². The molecule has 2 rings (SSSR count).